The van der Waals surface area contributed by atoms with Gasteiger partial charge >= 0.3 is 0 Å². The molecule has 0 bridgehead atoms. The molecule has 8 aliphatic heterocycles. The zero-order chi connectivity index (χ0) is 77.9. The van der Waals surface area contributed by atoms with Crippen LogP contribution in [0.25, 0.3) is 0 Å². The van der Waals surface area contributed by atoms with Gasteiger partial charge in [0.15, 0.2) is 0 Å². The van der Waals surface area contributed by atoms with Crippen LogP contribution in [-0.2, 0) is 75.5 Å². The van der Waals surface area contributed by atoms with Crippen LogP contribution in [0.4, 0.5) is 0 Å². The molecular weight excluding hydrogens is 1450 g/mol. The van der Waals surface area contributed by atoms with E-state index in [1.807, 2.05) is 182 Å². The van der Waals surface area contributed by atoms with Gasteiger partial charge in [-0.3, -0.25) is 0 Å². The highest BCUT2D eigenvalue weighted by atomic mass is 16.6. The number of hydrogen-bond acceptors (Lipinski definition) is 17. The predicted octanol–water partition coefficient (Wildman–Crippen LogP) is 15.7. The summed E-state index contributed by atoms with van der Waals surface area (Å²) < 4.78 is 120. The van der Waals surface area contributed by atoms with Crippen LogP contribution in [0.15, 0.2) is 305 Å². The molecule has 0 spiro atoms. The van der Waals surface area contributed by atoms with Gasteiger partial charge in [-0.05, 0) is 59.7 Å². The summed E-state index contributed by atoms with van der Waals surface area (Å²) in [7, 11) is 0. The molecule has 8 aliphatic rings. The van der Waals surface area contributed by atoms with E-state index in [4.69, 9.17) is 102 Å². The monoisotopic (exact) mass is 1540 g/mol. The van der Waals surface area contributed by atoms with Gasteiger partial charge < -0.3 is 80.5 Å². The number of para-hydroxylation sites is 8. The summed E-state index contributed by atoms with van der Waals surface area (Å²) in [5.41, 5.74) is -7.21. The Hall–Kier alpha value is -10.8. The average molecular weight is 1540 g/mol. The van der Waals surface area contributed by atoms with E-state index < -0.39 is 32.9 Å². The van der Waals surface area contributed by atoms with Gasteiger partial charge in [0, 0.05) is 44.5 Å². The molecule has 0 aromatic heterocycles. The zero-order valence-electron chi connectivity index (χ0n) is 64.3. The second kappa shape index (κ2) is 32.5. The van der Waals surface area contributed by atoms with Crippen molar-refractivity contribution in [3.05, 3.63) is 361 Å². The lowest BCUT2D eigenvalue weighted by atomic mass is 9.44. The van der Waals surface area contributed by atoms with Crippen molar-refractivity contribution in [3.63, 3.8) is 0 Å². The quantitative estimate of drug-likeness (QED) is 0.0259. The number of ether oxygens (including phenoxy) is 17. The first-order chi connectivity index (χ1) is 56.7. The molecule has 115 heavy (non-hydrogen) atoms. The Kier molecular flexibility index (Phi) is 21.3. The second-order valence-electron chi connectivity index (χ2n) is 30.3. The summed E-state index contributed by atoms with van der Waals surface area (Å²) >= 11 is 0. The van der Waals surface area contributed by atoms with E-state index in [2.05, 4.69) is 97.1 Å². The topological polar surface area (TPSA) is 183 Å². The standard InChI is InChI=1S/C98H94O17/c1-5-93(77-35-15-23-43-85(77)107-59-69-51-99-69,78-36-16-24-44-86(78)108-60-70-52-100-70)97(67-31-11-9-12-32-67,94(6-2,79-37-17-25-45-87(79)109-61-71-53-101-71)80-38-18-26-46-88(80)110-62-72-54-102-72)115-98(68-33-13-10-14-34-68,95(7-3,81-39-19-27-47-89(81)111-63-73-55-103-73)82-40-20-28-48-90(82)112-64-74-56-104-74)96(8-4,83-41-21-29-49-91(83)113-65-75-57-105-75)84-42-22-30-50-92(84)114-66-76-58-106-76/h5-50,69-76H,1-4,51-66H2. The zero-order valence-corrected chi connectivity index (χ0v) is 64.3. The Morgan fingerprint density at radius 3 is 0.496 bits per heavy atom. The average Bonchev–Trinajstić information content (AvgIpc) is 1.38. The summed E-state index contributed by atoms with van der Waals surface area (Å²) in [6, 6.07) is 86.1. The molecule has 8 heterocycles. The Morgan fingerprint density at radius 1 is 0.217 bits per heavy atom. The van der Waals surface area contributed by atoms with E-state index in [1.165, 1.54) is 0 Å². The lowest BCUT2D eigenvalue weighted by molar-refractivity contribution is -0.247. The largest absolute Gasteiger partial charge is 0.490 e. The fraction of sp³-hybridized carbons (Fsp3) is 0.306. The molecular formula is C98H94O17. The fourth-order valence-electron chi connectivity index (χ4n) is 17.2. The smallest absolute Gasteiger partial charge is 0.129 e. The third kappa shape index (κ3) is 14.4. The normalized spacial score (nSPS) is 23.4. The first-order valence-electron chi connectivity index (χ1n) is 39.8. The number of hydrogen-bond donors (Lipinski definition) is 0. The van der Waals surface area contributed by atoms with Crippen molar-refractivity contribution in [3.8, 4) is 46.0 Å². The molecule has 17 nitrogen and oxygen atoms in total. The van der Waals surface area contributed by atoms with Crippen LogP contribution in [0.1, 0.15) is 55.6 Å². The molecule has 0 radical (unpaired) electrons. The molecule has 0 amide bonds. The maximum Gasteiger partial charge on any atom is 0.129 e. The molecule has 588 valence electrons. The Balaban J connectivity index is 1.14. The van der Waals surface area contributed by atoms with E-state index in [9.17, 15) is 4.74 Å². The van der Waals surface area contributed by atoms with Crippen LogP contribution in [0.3, 0.4) is 0 Å². The third-order valence-corrected chi connectivity index (χ3v) is 23.2. The Labute approximate surface area is 671 Å². The predicted molar refractivity (Wildman–Crippen MR) is 435 cm³/mol. The minimum Gasteiger partial charge on any atom is -0.490 e. The summed E-state index contributed by atoms with van der Waals surface area (Å²) in [5.74, 6) is 3.71. The van der Waals surface area contributed by atoms with Gasteiger partial charge in [-0.2, -0.15) is 0 Å². The van der Waals surface area contributed by atoms with Crippen LogP contribution in [0.2, 0.25) is 0 Å². The van der Waals surface area contributed by atoms with Crippen molar-refractivity contribution in [2.24, 2.45) is 0 Å². The number of epoxide rings is 8. The first-order valence-corrected chi connectivity index (χ1v) is 39.8. The summed E-state index contributed by atoms with van der Waals surface area (Å²) in [5, 5.41) is 0. The van der Waals surface area contributed by atoms with Crippen molar-refractivity contribution in [2.75, 3.05) is 106 Å². The molecule has 10 aromatic carbocycles. The van der Waals surface area contributed by atoms with Crippen molar-refractivity contribution in [2.45, 2.75) is 81.7 Å². The van der Waals surface area contributed by atoms with E-state index in [1.54, 1.807) is 0 Å². The van der Waals surface area contributed by atoms with E-state index in [0.717, 1.165) is 0 Å². The van der Waals surface area contributed by atoms with E-state index >= 15 is 0 Å². The Morgan fingerprint density at radius 2 is 0.357 bits per heavy atom. The first kappa shape index (κ1) is 75.5. The van der Waals surface area contributed by atoms with Gasteiger partial charge in [0.05, 0.1) is 74.5 Å². The summed E-state index contributed by atoms with van der Waals surface area (Å²) in [6.45, 7) is 27.0. The van der Waals surface area contributed by atoms with Gasteiger partial charge in [-0.15, -0.1) is 26.3 Å². The highest BCUT2D eigenvalue weighted by Gasteiger charge is 2.77. The molecule has 0 saturated carbocycles. The summed E-state index contributed by atoms with van der Waals surface area (Å²) in [4.78, 5) is 0. The molecule has 8 unspecified atom stereocenters. The highest BCUT2D eigenvalue weighted by molar-refractivity contribution is 5.73. The van der Waals surface area contributed by atoms with Crippen LogP contribution in [-0.4, -0.2) is 155 Å². The van der Waals surface area contributed by atoms with E-state index in [0.29, 0.717) is 154 Å². The van der Waals surface area contributed by atoms with Gasteiger partial charge in [0.25, 0.3) is 0 Å². The van der Waals surface area contributed by atoms with Crippen LogP contribution in [0, 0.1) is 0 Å². The van der Waals surface area contributed by atoms with Gasteiger partial charge in [0.2, 0.25) is 0 Å². The summed E-state index contributed by atoms with van der Waals surface area (Å²) in [6.07, 6.45) is 6.30. The van der Waals surface area contributed by atoms with Crippen molar-refractivity contribution >= 4 is 0 Å². The highest BCUT2D eigenvalue weighted by Crippen LogP contribution is 2.75. The molecule has 10 aromatic rings. The number of rotatable bonds is 44. The molecule has 0 aliphatic carbocycles. The maximum absolute atomic E-state index is 10.9. The maximum atomic E-state index is 10.9. The molecule has 18 rings (SSSR count). The fourth-order valence-corrected chi connectivity index (χ4v) is 17.2. The molecule has 8 fully saturated rings. The second-order valence-corrected chi connectivity index (χ2v) is 30.3. The van der Waals surface area contributed by atoms with Crippen molar-refractivity contribution < 1.29 is 80.5 Å². The van der Waals surface area contributed by atoms with Gasteiger partial charge in [0.1, 0.15) is 159 Å². The van der Waals surface area contributed by atoms with Gasteiger partial charge in [-0.25, -0.2) is 0 Å². The third-order valence-electron chi connectivity index (χ3n) is 23.2. The van der Waals surface area contributed by atoms with Gasteiger partial charge in [-0.1, -0.05) is 231 Å². The lowest BCUT2D eigenvalue weighted by Gasteiger charge is -2.67. The van der Waals surface area contributed by atoms with Crippen molar-refractivity contribution in [1.82, 2.24) is 0 Å². The van der Waals surface area contributed by atoms with E-state index in [-0.39, 0.29) is 102 Å². The minimum atomic E-state index is -2.41. The minimum absolute atomic E-state index is 0.177. The molecule has 8 saturated heterocycles. The number of benzene rings is 10. The molecule has 8 atom stereocenters. The molecule has 0 N–H and O–H groups in total. The van der Waals surface area contributed by atoms with Crippen molar-refractivity contribution in [1.29, 1.82) is 0 Å². The Bertz CT molecular complexity index is 4270. The van der Waals surface area contributed by atoms with Crippen LogP contribution < -0.4 is 37.9 Å². The SMILES string of the molecule is C=CC(c1ccccc1OCC1CO1)(c1ccccc1OCC1CO1)C(OC(c1ccccc1)(C(C=C)(c1ccccc1OCC1CO1)c1ccccc1OCC1CO1)C(C=C)(c1ccccc1OCC1CO1)c1ccccc1OCC1CO1)(c1ccccc1)C(C=C)(c1ccccc1OCC1CO1)c1ccccc1OCC1CO1. The molecule has 17 heteroatoms. The lowest BCUT2D eigenvalue weighted by Crippen LogP contribution is -2.72. The van der Waals surface area contributed by atoms with Crippen LogP contribution >= 0.6 is 0 Å². The van der Waals surface area contributed by atoms with Crippen LogP contribution in [0.5, 0.6) is 46.0 Å².